The van der Waals surface area contributed by atoms with Crippen molar-refractivity contribution in [3.05, 3.63) is 47.9 Å². The van der Waals surface area contributed by atoms with Crippen molar-refractivity contribution in [1.29, 1.82) is 0 Å². The van der Waals surface area contributed by atoms with Gasteiger partial charge in [-0.05, 0) is 64.0 Å². The summed E-state index contributed by atoms with van der Waals surface area (Å²) in [5, 5.41) is 6.34. The molecule has 0 aromatic carbocycles. The van der Waals surface area contributed by atoms with Crippen molar-refractivity contribution in [3.8, 4) is 0 Å². The first-order chi connectivity index (χ1) is 14.0. The summed E-state index contributed by atoms with van der Waals surface area (Å²) in [5.74, 6) is 1.29. The number of nitrogens with one attached hydrogen (secondary N) is 2. The number of methoxy groups -OCH3 is 1. The van der Waals surface area contributed by atoms with E-state index in [1.807, 2.05) is 38.1 Å². The van der Waals surface area contributed by atoms with E-state index in [-0.39, 0.29) is 11.9 Å². The van der Waals surface area contributed by atoms with Gasteiger partial charge in [0.25, 0.3) is 0 Å². The van der Waals surface area contributed by atoms with Crippen LogP contribution in [0.1, 0.15) is 37.1 Å². The zero-order chi connectivity index (χ0) is 20.6. The molecule has 7 nitrogen and oxygen atoms in total. The average molecular weight is 398 g/mol. The fourth-order valence-electron chi connectivity index (χ4n) is 3.76. The summed E-state index contributed by atoms with van der Waals surface area (Å²) in [5.41, 5.74) is 3.12. The molecule has 156 valence electrons. The van der Waals surface area contributed by atoms with Gasteiger partial charge in [-0.1, -0.05) is 6.07 Å². The molecular weight excluding hydrogens is 366 g/mol. The van der Waals surface area contributed by atoms with Gasteiger partial charge in [0.2, 0.25) is 5.91 Å². The number of piperidine rings is 1. The maximum atomic E-state index is 12.2. The minimum atomic E-state index is 0.0339. The molecule has 7 heteroatoms. The van der Waals surface area contributed by atoms with Crippen LogP contribution in [0.3, 0.4) is 0 Å². The third-order valence-corrected chi connectivity index (χ3v) is 5.11. The molecule has 1 atom stereocenters. The van der Waals surface area contributed by atoms with Gasteiger partial charge in [-0.3, -0.25) is 14.7 Å². The quantitative estimate of drug-likeness (QED) is 0.713. The summed E-state index contributed by atoms with van der Waals surface area (Å²) in [6.07, 6.45) is 3.78. The predicted octanol–water partition coefficient (Wildman–Crippen LogP) is 2.86. The van der Waals surface area contributed by atoms with Crippen molar-refractivity contribution in [2.75, 3.05) is 38.7 Å². The normalized spacial score (nSPS) is 16.4. The van der Waals surface area contributed by atoms with E-state index in [1.54, 1.807) is 13.3 Å². The summed E-state index contributed by atoms with van der Waals surface area (Å²) >= 11 is 0. The second-order valence-corrected chi connectivity index (χ2v) is 7.74. The van der Waals surface area contributed by atoms with Crippen molar-refractivity contribution >= 4 is 17.4 Å². The standard InChI is InChI=1S/C22H31N5O2/c1-16-12-19(26-21-6-4-5-9-23-21)13-20(24-16)18-7-10-27(11-8-18)14-22(28)25-17(2)15-29-3/h4-6,9,12-13,17-18H,7-8,10-11,14-15H2,1-3H3,(H,25,28)(H,23,24,26)/t17-/m0/s1. The minimum absolute atomic E-state index is 0.0339. The predicted molar refractivity (Wildman–Crippen MR) is 114 cm³/mol. The highest BCUT2D eigenvalue weighted by molar-refractivity contribution is 5.78. The Kier molecular flexibility index (Phi) is 7.55. The Morgan fingerprint density at radius 2 is 2.10 bits per heavy atom. The van der Waals surface area contributed by atoms with Crippen LogP contribution < -0.4 is 10.6 Å². The van der Waals surface area contributed by atoms with Crippen molar-refractivity contribution in [1.82, 2.24) is 20.2 Å². The molecule has 3 heterocycles. The van der Waals surface area contributed by atoms with Crippen LogP contribution in [0.5, 0.6) is 0 Å². The second-order valence-electron chi connectivity index (χ2n) is 7.74. The van der Waals surface area contributed by atoms with Crippen LogP contribution in [-0.2, 0) is 9.53 Å². The molecule has 0 aliphatic carbocycles. The summed E-state index contributed by atoms with van der Waals surface area (Å²) in [4.78, 5) is 23.5. The van der Waals surface area contributed by atoms with Gasteiger partial charge >= 0.3 is 0 Å². The number of pyridine rings is 2. The Labute approximate surface area is 172 Å². The Morgan fingerprint density at radius 3 is 2.79 bits per heavy atom. The number of carbonyl (C=O) groups is 1. The lowest BCUT2D eigenvalue weighted by atomic mass is 9.92. The number of ether oxygens (including phenoxy) is 1. The monoisotopic (exact) mass is 397 g/mol. The Hall–Kier alpha value is -2.51. The first-order valence-corrected chi connectivity index (χ1v) is 10.2. The molecule has 2 N–H and O–H groups in total. The van der Waals surface area contributed by atoms with Gasteiger partial charge in [-0.2, -0.15) is 0 Å². The van der Waals surface area contributed by atoms with Gasteiger partial charge in [0.1, 0.15) is 5.82 Å². The maximum Gasteiger partial charge on any atom is 0.234 e. The fourth-order valence-corrected chi connectivity index (χ4v) is 3.76. The highest BCUT2D eigenvalue weighted by atomic mass is 16.5. The SMILES string of the molecule is COC[C@H](C)NC(=O)CN1CCC(c2cc(Nc3ccccn3)cc(C)n2)CC1. The number of anilines is 2. The van der Waals surface area contributed by atoms with E-state index in [0.717, 1.165) is 48.8 Å². The third-order valence-electron chi connectivity index (χ3n) is 5.11. The number of aryl methyl sites for hydroxylation is 1. The molecule has 0 spiro atoms. The van der Waals surface area contributed by atoms with Gasteiger partial charge in [-0.25, -0.2) is 4.98 Å². The van der Waals surface area contributed by atoms with Crippen LogP contribution in [0.25, 0.3) is 0 Å². The highest BCUT2D eigenvalue weighted by Crippen LogP contribution is 2.29. The van der Waals surface area contributed by atoms with Crippen molar-refractivity contribution < 1.29 is 9.53 Å². The molecule has 1 saturated heterocycles. The minimum Gasteiger partial charge on any atom is -0.383 e. The highest BCUT2D eigenvalue weighted by Gasteiger charge is 2.23. The zero-order valence-corrected chi connectivity index (χ0v) is 17.5. The van der Waals surface area contributed by atoms with Crippen molar-refractivity contribution in [2.45, 2.75) is 38.6 Å². The van der Waals surface area contributed by atoms with Crippen LogP contribution in [0.4, 0.5) is 11.5 Å². The molecule has 0 bridgehead atoms. The fraction of sp³-hybridized carbons (Fsp3) is 0.500. The zero-order valence-electron chi connectivity index (χ0n) is 17.5. The van der Waals surface area contributed by atoms with Gasteiger partial charge in [-0.15, -0.1) is 0 Å². The lowest BCUT2D eigenvalue weighted by molar-refractivity contribution is -0.123. The van der Waals surface area contributed by atoms with Crippen LogP contribution >= 0.6 is 0 Å². The van der Waals surface area contributed by atoms with E-state index < -0.39 is 0 Å². The van der Waals surface area contributed by atoms with E-state index in [0.29, 0.717) is 19.1 Å². The molecule has 1 aliphatic rings. The van der Waals surface area contributed by atoms with Crippen LogP contribution in [-0.4, -0.2) is 60.2 Å². The molecule has 0 unspecified atom stereocenters. The molecule has 2 aromatic rings. The topological polar surface area (TPSA) is 79.4 Å². The number of carbonyl (C=O) groups excluding carboxylic acids is 1. The second kappa shape index (κ2) is 10.3. The number of hydrogen-bond acceptors (Lipinski definition) is 6. The van der Waals surface area contributed by atoms with Crippen molar-refractivity contribution in [2.24, 2.45) is 0 Å². The molecule has 0 radical (unpaired) electrons. The molecule has 1 aliphatic heterocycles. The average Bonchev–Trinajstić information content (AvgIpc) is 2.69. The van der Waals surface area contributed by atoms with Gasteiger partial charge < -0.3 is 15.4 Å². The Bertz CT molecular complexity index is 791. The maximum absolute atomic E-state index is 12.2. The summed E-state index contributed by atoms with van der Waals surface area (Å²) in [6, 6.07) is 10.0. The lowest BCUT2D eigenvalue weighted by Gasteiger charge is -2.31. The van der Waals surface area contributed by atoms with Gasteiger partial charge in [0, 0.05) is 42.3 Å². The van der Waals surface area contributed by atoms with Gasteiger partial charge in [0.15, 0.2) is 0 Å². The first kappa shape index (κ1) is 21.2. The number of likely N-dealkylation sites (tertiary alicyclic amines) is 1. The molecule has 2 aromatic heterocycles. The first-order valence-electron chi connectivity index (χ1n) is 10.2. The van der Waals surface area contributed by atoms with Crippen LogP contribution in [0, 0.1) is 6.92 Å². The number of amides is 1. The summed E-state index contributed by atoms with van der Waals surface area (Å²) in [6.45, 7) is 6.74. The molecule has 29 heavy (non-hydrogen) atoms. The third kappa shape index (κ3) is 6.51. The summed E-state index contributed by atoms with van der Waals surface area (Å²) < 4.78 is 5.07. The molecular formula is C22H31N5O2. The largest absolute Gasteiger partial charge is 0.383 e. The molecule has 1 fully saturated rings. The van der Waals surface area contributed by atoms with E-state index in [1.165, 1.54) is 0 Å². The molecule has 3 rings (SSSR count). The molecule has 0 saturated carbocycles. The van der Waals surface area contributed by atoms with Crippen LogP contribution in [0.2, 0.25) is 0 Å². The molecule has 1 amide bonds. The van der Waals surface area contributed by atoms with E-state index in [4.69, 9.17) is 9.72 Å². The lowest BCUT2D eigenvalue weighted by Crippen LogP contribution is -2.44. The summed E-state index contributed by atoms with van der Waals surface area (Å²) in [7, 11) is 1.64. The Morgan fingerprint density at radius 1 is 1.31 bits per heavy atom. The van der Waals surface area contributed by atoms with Crippen molar-refractivity contribution in [3.63, 3.8) is 0 Å². The van der Waals surface area contributed by atoms with E-state index >= 15 is 0 Å². The van der Waals surface area contributed by atoms with E-state index in [2.05, 4.69) is 26.6 Å². The number of rotatable bonds is 8. The number of aromatic nitrogens is 2. The smallest absolute Gasteiger partial charge is 0.234 e. The number of nitrogens with zero attached hydrogens (tertiary/aromatic N) is 3. The van der Waals surface area contributed by atoms with E-state index in [9.17, 15) is 4.79 Å². The van der Waals surface area contributed by atoms with Gasteiger partial charge in [0.05, 0.1) is 13.2 Å². The van der Waals surface area contributed by atoms with Crippen LogP contribution in [0.15, 0.2) is 36.5 Å². The number of hydrogen-bond donors (Lipinski definition) is 2. The Balaban J connectivity index is 1.54.